The first-order chi connectivity index (χ1) is 11.5. The number of rotatable bonds is 3. The van der Waals surface area contributed by atoms with Gasteiger partial charge < -0.3 is 14.7 Å². The molecule has 1 aromatic heterocycles. The van der Waals surface area contributed by atoms with Crippen LogP contribution in [0.25, 0.3) is 0 Å². The standard InChI is InChI=1S/C18H21N3O3/c1-11-10-21(16-7-5-4-6-15(16)19-18(11)23)17(22)9-8-14-12(2)20-24-13(14)3/h4-7,11H,8-10H2,1-3H3,(H,19,23). The summed E-state index contributed by atoms with van der Waals surface area (Å²) in [4.78, 5) is 26.6. The summed E-state index contributed by atoms with van der Waals surface area (Å²) in [7, 11) is 0. The molecule has 6 nitrogen and oxygen atoms in total. The Labute approximate surface area is 140 Å². The molecular formula is C18H21N3O3. The van der Waals surface area contributed by atoms with Gasteiger partial charge in [-0.2, -0.15) is 0 Å². The predicted molar refractivity (Wildman–Crippen MR) is 90.9 cm³/mol. The van der Waals surface area contributed by atoms with E-state index in [2.05, 4.69) is 10.5 Å². The van der Waals surface area contributed by atoms with Crippen LogP contribution in [-0.4, -0.2) is 23.5 Å². The van der Waals surface area contributed by atoms with Crippen LogP contribution in [0, 0.1) is 19.8 Å². The molecule has 1 aliphatic rings. The summed E-state index contributed by atoms with van der Waals surface area (Å²) in [6.45, 7) is 5.94. The first kappa shape index (κ1) is 16.2. The number of hydrogen-bond donors (Lipinski definition) is 1. The number of amides is 2. The molecule has 2 amide bonds. The zero-order valence-electron chi connectivity index (χ0n) is 14.1. The average Bonchev–Trinajstić information content (AvgIpc) is 2.82. The lowest BCUT2D eigenvalue weighted by atomic mass is 10.1. The van der Waals surface area contributed by atoms with Crippen LogP contribution < -0.4 is 10.2 Å². The number of carbonyl (C=O) groups excluding carboxylic acids is 2. The predicted octanol–water partition coefficient (Wildman–Crippen LogP) is 2.85. The first-order valence-corrected chi connectivity index (χ1v) is 8.09. The van der Waals surface area contributed by atoms with E-state index in [0.29, 0.717) is 25.1 Å². The zero-order chi connectivity index (χ0) is 17.3. The maximum atomic E-state index is 12.8. The number of para-hydroxylation sites is 2. The van der Waals surface area contributed by atoms with Crippen molar-refractivity contribution < 1.29 is 14.1 Å². The molecular weight excluding hydrogens is 306 g/mol. The molecule has 0 saturated heterocycles. The monoisotopic (exact) mass is 327 g/mol. The van der Waals surface area contributed by atoms with Crippen LogP contribution in [-0.2, 0) is 16.0 Å². The normalized spacial score (nSPS) is 17.2. The number of aryl methyl sites for hydroxylation is 2. The van der Waals surface area contributed by atoms with Crippen LogP contribution >= 0.6 is 0 Å². The second-order valence-corrected chi connectivity index (χ2v) is 6.21. The third-order valence-electron chi connectivity index (χ3n) is 4.43. The molecule has 1 aliphatic heterocycles. The molecule has 0 aliphatic carbocycles. The molecule has 0 spiro atoms. The van der Waals surface area contributed by atoms with Crippen LogP contribution in [0.2, 0.25) is 0 Å². The van der Waals surface area contributed by atoms with Crippen molar-refractivity contribution in [3.05, 3.63) is 41.3 Å². The van der Waals surface area contributed by atoms with Crippen molar-refractivity contribution in [3.8, 4) is 0 Å². The maximum Gasteiger partial charge on any atom is 0.229 e. The van der Waals surface area contributed by atoms with Crippen LogP contribution in [0.3, 0.4) is 0 Å². The van der Waals surface area contributed by atoms with Gasteiger partial charge >= 0.3 is 0 Å². The molecule has 1 atom stereocenters. The Morgan fingerprint density at radius 2 is 2.12 bits per heavy atom. The van der Waals surface area contributed by atoms with E-state index in [1.807, 2.05) is 45.0 Å². The van der Waals surface area contributed by atoms with Crippen molar-refractivity contribution in [2.24, 2.45) is 5.92 Å². The second-order valence-electron chi connectivity index (χ2n) is 6.21. The van der Waals surface area contributed by atoms with E-state index < -0.39 is 0 Å². The van der Waals surface area contributed by atoms with E-state index in [0.717, 1.165) is 22.7 Å². The Kier molecular flexibility index (Phi) is 4.38. The quantitative estimate of drug-likeness (QED) is 0.940. The Morgan fingerprint density at radius 1 is 1.38 bits per heavy atom. The molecule has 0 radical (unpaired) electrons. The van der Waals surface area contributed by atoms with Gasteiger partial charge in [0, 0.05) is 18.5 Å². The number of anilines is 2. The van der Waals surface area contributed by atoms with Crippen LogP contribution in [0.1, 0.15) is 30.4 Å². The van der Waals surface area contributed by atoms with Gasteiger partial charge in [-0.3, -0.25) is 9.59 Å². The Bertz CT molecular complexity index is 762. The summed E-state index contributed by atoms with van der Waals surface area (Å²) >= 11 is 0. The summed E-state index contributed by atoms with van der Waals surface area (Å²) in [6.07, 6.45) is 0.923. The summed E-state index contributed by atoms with van der Waals surface area (Å²) in [5, 5.41) is 6.81. The fourth-order valence-corrected chi connectivity index (χ4v) is 2.99. The Hall–Kier alpha value is -2.63. The Morgan fingerprint density at radius 3 is 2.83 bits per heavy atom. The first-order valence-electron chi connectivity index (χ1n) is 8.09. The largest absolute Gasteiger partial charge is 0.361 e. The van der Waals surface area contributed by atoms with Gasteiger partial charge in [0.1, 0.15) is 5.76 Å². The van der Waals surface area contributed by atoms with Crippen molar-refractivity contribution >= 4 is 23.2 Å². The second kappa shape index (κ2) is 6.47. The maximum absolute atomic E-state index is 12.8. The molecule has 0 bridgehead atoms. The molecule has 0 fully saturated rings. The van der Waals surface area contributed by atoms with Gasteiger partial charge in [-0.05, 0) is 32.4 Å². The third-order valence-corrected chi connectivity index (χ3v) is 4.43. The van der Waals surface area contributed by atoms with E-state index >= 15 is 0 Å². The van der Waals surface area contributed by atoms with Gasteiger partial charge in [0.05, 0.1) is 23.0 Å². The highest BCUT2D eigenvalue weighted by atomic mass is 16.5. The summed E-state index contributed by atoms with van der Waals surface area (Å²) < 4.78 is 5.15. The number of benzene rings is 1. The number of carbonyl (C=O) groups is 2. The smallest absolute Gasteiger partial charge is 0.229 e. The summed E-state index contributed by atoms with van der Waals surface area (Å²) in [6, 6.07) is 7.40. The van der Waals surface area contributed by atoms with Crippen molar-refractivity contribution in [1.82, 2.24) is 5.16 Å². The van der Waals surface area contributed by atoms with E-state index in [-0.39, 0.29) is 17.7 Å². The molecule has 1 N–H and O–H groups in total. The van der Waals surface area contributed by atoms with Crippen LogP contribution in [0.4, 0.5) is 11.4 Å². The SMILES string of the molecule is Cc1noc(C)c1CCC(=O)N1CC(C)C(=O)Nc2ccccc21. The van der Waals surface area contributed by atoms with Gasteiger partial charge in [0.15, 0.2) is 0 Å². The van der Waals surface area contributed by atoms with Gasteiger partial charge in [-0.1, -0.05) is 24.2 Å². The van der Waals surface area contributed by atoms with Crippen molar-refractivity contribution in [2.45, 2.75) is 33.6 Å². The molecule has 24 heavy (non-hydrogen) atoms. The molecule has 3 rings (SSSR count). The van der Waals surface area contributed by atoms with E-state index in [1.165, 1.54) is 0 Å². The van der Waals surface area contributed by atoms with Crippen LogP contribution in [0.5, 0.6) is 0 Å². The third kappa shape index (κ3) is 3.04. The van der Waals surface area contributed by atoms with Gasteiger partial charge in [-0.25, -0.2) is 0 Å². The van der Waals surface area contributed by atoms with Crippen molar-refractivity contribution in [1.29, 1.82) is 0 Å². The number of hydrogen-bond acceptors (Lipinski definition) is 4. The van der Waals surface area contributed by atoms with E-state index in [4.69, 9.17) is 4.52 Å². The molecule has 2 aromatic rings. The van der Waals surface area contributed by atoms with Gasteiger partial charge in [0.25, 0.3) is 0 Å². The molecule has 0 saturated carbocycles. The lowest BCUT2D eigenvalue weighted by molar-refractivity contribution is -0.120. The highest BCUT2D eigenvalue weighted by molar-refractivity contribution is 6.04. The van der Waals surface area contributed by atoms with Crippen molar-refractivity contribution in [3.63, 3.8) is 0 Å². The van der Waals surface area contributed by atoms with Crippen LogP contribution in [0.15, 0.2) is 28.8 Å². The lowest BCUT2D eigenvalue weighted by Crippen LogP contribution is -2.36. The van der Waals surface area contributed by atoms with Crippen molar-refractivity contribution in [2.75, 3.05) is 16.8 Å². The summed E-state index contributed by atoms with van der Waals surface area (Å²) in [5.41, 5.74) is 3.23. The molecule has 6 heteroatoms. The molecule has 1 aromatic carbocycles. The lowest BCUT2D eigenvalue weighted by Gasteiger charge is -2.23. The number of fused-ring (bicyclic) bond motifs is 1. The summed E-state index contributed by atoms with van der Waals surface area (Å²) in [5.74, 6) is 0.413. The number of nitrogens with one attached hydrogen (secondary N) is 1. The molecule has 2 heterocycles. The average molecular weight is 327 g/mol. The minimum atomic E-state index is -0.264. The minimum absolute atomic E-state index is 0.00852. The van der Waals surface area contributed by atoms with E-state index in [9.17, 15) is 9.59 Å². The highest BCUT2D eigenvalue weighted by Gasteiger charge is 2.28. The fourth-order valence-electron chi connectivity index (χ4n) is 2.99. The highest BCUT2D eigenvalue weighted by Crippen LogP contribution is 2.30. The Balaban J connectivity index is 1.82. The fraction of sp³-hybridized carbons (Fsp3) is 0.389. The topological polar surface area (TPSA) is 75.4 Å². The molecule has 1 unspecified atom stereocenters. The van der Waals surface area contributed by atoms with Gasteiger partial charge in [0.2, 0.25) is 11.8 Å². The zero-order valence-corrected chi connectivity index (χ0v) is 14.1. The molecule has 126 valence electrons. The van der Waals surface area contributed by atoms with E-state index in [1.54, 1.807) is 4.90 Å². The van der Waals surface area contributed by atoms with Gasteiger partial charge in [-0.15, -0.1) is 0 Å². The number of aromatic nitrogens is 1. The number of nitrogens with zero attached hydrogens (tertiary/aromatic N) is 2. The minimum Gasteiger partial charge on any atom is -0.361 e.